The molecule has 1 aliphatic carbocycles. The number of rotatable bonds is 7. The van der Waals surface area contributed by atoms with Crippen molar-refractivity contribution in [3.05, 3.63) is 24.3 Å². The maximum Gasteiger partial charge on any atom is 0.319 e. The molecule has 122 valence electrons. The van der Waals surface area contributed by atoms with Gasteiger partial charge in [-0.15, -0.1) is 11.8 Å². The van der Waals surface area contributed by atoms with E-state index in [4.69, 9.17) is 5.11 Å². The van der Waals surface area contributed by atoms with Crippen LogP contribution >= 0.6 is 11.8 Å². The molecule has 1 aromatic rings. The summed E-state index contributed by atoms with van der Waals surface area (Å²) in [7, 11) is 0. The van der Waals surface area contributed by atoms with Crippen molar-refractivity contribution in [1.82, 2.24) is 5.32 Å². The summed E-state index contributed by atoms with van der Waals surface area (Å²) in [5.41, 5.74) is 0.808. The summed E-state index contributed by atoms with van der Waals surface area (Å²) in [6, 6.07) is 7.93. The molecule has 2 rings (SSSR count). The number of amides is 2. The molecule has 1 fully saturated rings. The van der Waals surface area contributed by atoms with Gasteiger partial charge in [0.05, 0.1) is 0 Å². The van der Waals surface area contributed by atoms with E-state index in [0.29, 0.717) is 6.42 Å². The van der Waals surface area contributed by atoms with Crippen molar-refractivity contribution >= 4 is 23.5 Å². The van der Waals surface area contributed by atoms with Crippen molar-refractivity contribution in [1.29, 1.82) is 0 Å². The second kappa shape index (κ2) is 9.06. The zero-order valence-corrected chi connectivity index (χ0v) is 14.0. The first kappa shape index (κ1) is 17.2. The highest BCUT2D eigenvalue weighted by molar-refractivity contribution is 8.00. The molecule has 22 heavy (non-hydrogen) atoms. The summed E-state index contributed by atoms with van der Waals surface area (Å²) in [5.74, 6) is 0. The molecule has 1 aliphatic rings. The second-order valence-corrected chi connectivity index (χ2v) is 7.29. The van der Waals surface area contributed by atoms with E-state index < -0.39 is 0 Å². The highest BCUT2D eigenvalue weighted by Gasteiger charge is 2.16. The Morgan fingerprint density at radius 1 is 1.32 bits per heavy atom. The van der Waals surface area contributed by atoms with Crippen LogP contribution in [-0.4, -0.2) is 29.0 Å². The first-order chi connectivity index (χ1) is 10.7. The predicted molar refractivity (Wildman–Crippen MR) is 92.5 cm³/mol. The first-order valence-electron chi connectivity index (χ1n) is 8.12. The molecule has 0 bridgehead atoms. The van der Waals surface area contributed by atoms with Crippen LogP contribution in [0.2, 0.25) is 0 Å². The number of nitrogens with one attached hydrogen (secondary N) is 2. The van der Waals surface area contributed by atoms with Crippen LogP contribution in [0.5, 0.6) is 0 Å². The maximum atomic E-state index is 11.9. The number of aliphatic hydroxyl groups is 1. The van der Waals surface area contributed by atoms with Crippen LogP contribution in [0.25, 0.3) is 0 Å². The van der Waals surface area contributed by atoms with Crippen molar-refractivity contribution < 1.29 is 9.90 Å². The number of urea groups is 1. The Morgan fingerprint density at radius 2 is 2.00 bits per heavy atom. The van der Waals surface area contributed by atoms with Gasteiger partial charge in [-0.25, -0.2) is 4.79 Å². The molecule has 1 unspecified atom stereocenters. The molecule has 1 aromatic carbocycles. The summed E-state index contributed by atoms with van der Waals surface area (Å²) in [5, 5.41) is 15.3. The minimum Gasteiger partial charge on any atom is -0.396 e. The molecule has 0 aliphatic heterocycles. The van der Waals surface area contributed by atoms with E-state index in [-0.39, 0.29) is 18.7 Å². The highest BCUT2D eigenvalue weighted by Crippen LogP contribution is 2.34. The number of thioether (sulfide) groups is 1. The monoisotopic (exact) mass is 322 g/mol. The van der Waals surface area contributed by atoms with Crippen LogP contribution in [-0.2, 0) is 0 Å². The van der Waals surface area contributed by atoms with Crippen LogP contribution in [0, 0.1) is 0 Å². The first-order valence-corrected chi connectivity index (χ1v) is 9.00. The minimum atomic E-state index is -0.193. The smallest absolute Gasteiger partial charge is 0.319 e. The molecule has 5 heteroatoms. The Bertz CT molecular complexity index is 458. The van der Waals surface area contributed by atoms with E-state index in [2.05, 4.69) is 22.8 Å². The molecule has 0 aromatic heterocycles. The average Bonchev–Trinajstić information content (AvgIpc) is 3.00. The average molecular weight is 322 g/mol. The zero-order chi connectivity index (χ0) is 15.8. The Labute approximate surface area is 137 Å². The lowest BCUT2D eigenvalue weighted by atomic mass is 10.2. The lowest BCUT2D eigenvalue weighted by molar-refractivity contribution is 0.245. The third-order valence-corrected chi connectivity index (χ3v) is 5.24. The molecular formula is C17H26N2O2S. The largest absolute Gasteiger partial charge is 0.396 e. The molecule has 2 amide bonds. The van der Waals surface area contributed by atoms with Crippen molar-refractivity contribution in [2.75, 3.05) is 11.9 Å². The van der Waals surface area contributed by atoms with E-state index in [1.165, 1.54) is 30.6 Å². The summed E-state index contributed by atoms with van der Waals surface area (Å²) in [6.45, 7) is 2.10. The maximum absolute atomic E-state index is 11.9. The van der Waals surface area contributed by atoms with Gasteiger partial charge in [0.25, 0.3) is 0 Å². The summed E-state index contributed by atoms with van der Waals surface area (Å²) >= 11 is 1.95. The van der Waals surface area contributed by atoms with E-state index in [9.17, 15) is 4.79 Å². The zero-order valence-electron chi connectivity index (χ0n) is 13.2. The number of hydrogen-bond acceptors (Lipinski definition) is 3. The minimum absolute atomic E-state index is 0.0596. The van der Waals surface area contributed by atoms with Crippen molar-refractivity contribution in [2.45, 2.75) is 61.6 Å². The van der Waals surface area contributed by atoms with Crippen LogP contribution in [0.3, 0.4) is 0 Å². The van der Waals surface area contributed by atoms with Gasteiger partial charge in [0.15, 0.2) is 0 Å². The number of carbonyl (C=O) groups is 1. The fourth-order valence-corrected chi connectivity index (χ4v) is 3.92. The highest BCUT2D eigenvalue weighted by atomic mass is 32.2. The third-order valence-electron chi connectivity index (χ3n) is 3.89. The van der Waals surface area contributed by atoms with Gasteiger partial charge in [-0.3, -0.25) is 0 Å². The Kier molecular flexibility index (Phi) is 7.06. The fraction of sp³-hybridized carbons (Fsp3) is 0.588. The van der Waals surface area contributed by atoms with E-state index in [1.807, 2.05) is 30.8 Å². The number of aliphatic hydroxyl groups excluding tert-OH is 1. The van der Waals surface area contributed by atoms with Crippen molar-refractivity contribution in [2.24, 2.45) is 0 Å². The van der Waals surface area contributed by atoms with Crippen molar-refractivity contribution in [3.63, 3.8) is 0 Å². The van der Waals surface area contributed by atoms with Gasteiger partial charge in [0, 0.05) is 28.5 Å². The molecular weight excluding hydrogens is 296 g/mol. The molecule has 0 heterocycles. The number of anilines is 1. The lowest BCUT2D eigenvalue weighted by Gasteiger charge is -2.14. The third kappa shape index (κ3) is 5.89. The molecule has 1 atom stereocenters. The van der Waals surface area contributed by atoms with E-state index in [0.717, 1.165) is 17.4 Å². The van der Waals surface area contributed by atoms with Gasteiger partial charge in [-0.1, -0.05) is 12.8 Å². The molecule has 0 spiro atoms. The standard InChI is InChI=1S/C17H26N2O2S/c1-13(5-4-12-20)18-17(21)19-14-8-10-16(11-9-14)22-15-6-2-3-7-15/h8-11,13,15,20H,2-7,12H2,1H3,(H2,18,19,21). The summed E-state index contributed by atoms with van der Waals surface area (Å²) in [4.78, 5) is 13.1. The second-order valence-electron chi connectivity index (χ2n) is 5.91. The Morgan fingerprint density at radius 3 is 2.64 bits per heavy atom. The van der Waals surface area contributed by atoms with Gasteiger partial charge in [-0.05, 0) is 56.9 Å². The summed E-state index contributed by atoms with van der Waals surface area (Å²) in [6.07, 6.45) is 6.82. The van der Waals surface area contributed by atoms with E-state index in [1.54, 1.807) is 0 Å². The molecule has 4 nitrogen and oxygen atoms in total. The quantitative estimate of drug-likeness (QED) is 0.711. The van der Waals surface area contributed by atoms with Crippen LogP contribution in [0.15, 0.2) is 29.2 Å². The SMILES string of the molecule is CC(CCCO)NC(=O)Nc1ccc(SC2CCCC2)cc1. The van der Waals surface area contributed by atoms with Crippen LogP contribution < -0.4 is 10.6 Å². The topological polar surface area (TPSA) is 61.4 Å². The Hall–Kier alpha value is -1.20. The predicted octanol–water partition coefficient (Wildman–Crippen LogP) is 4.00. The molecule has 3 N–H and O–H groups in total. The van der Waals surface area contributed by atoms with E-state index >= 15 is 0 Å². The number of hydrogen-bond donors (Lipinski definition) is 3. The van der Waals surface area contributed by atoms with Gasteiger partial charge in [-0.2, -0.15) is 0 Å². The molecule has 0 saturated heterocycles. The van der Waals surface area contributed by atoms with Crippen molar-refractivity contribution in [3.8, 4) is 0 Å². The lowest BCUT2D eigenvalue weighted by Crippen LogP contribution is -2.36. The normalized spacial score (nSPS) is 16.5. The van der Waals surface area contributed by atoms with Crippen LogP contribution in [0.4, 0.5) is 10.5 Å². The molecule has 0 radical (unpaired) electrons. The fourth-order valence-electron chi connectivity index (χ4n) is 2.68. The van der Waals surface area contributed by atoms with Gasteiger partial charge in [0.1, 0.15) is 0 Å². The van der Waals surface area contributed by atoms with Gasteiger partial charge >= 0.3 is 6.03 Å². The Balaban J connectivity index is 1.76. The molecule has 1 saturated carbocycles. The van der Waals surface area contributed by atoms with Crippen LogP contribution in [0.1, 0.15) is 45.4 Å². The van der Waals surface area contributed by atoms with Gasteiger partial charge in [0.2, 0.25) is 0 Å². The number of carbonyl (C=O) groups excluding carboxylic acids is 1. The summed E-state index contributed by atoms with van der Waals surface area (Å²) < 4.78 is 0. The van der Waals surface area contributed by atoms with Gasteiger partial charge < -0.3 is 15.7 Å². The number of benzene rings is 1.